The zero-order valence-corrected chi connectivity index (χ0v) is 24.6. The van der Waals surface area contributed by atoms with E-state index in [1.807, 2.05) is 60.5 Å². The third kappa shape index (κ3) is 6.38. The Bertz CT molecular complexity index is 1570. The molecule has 6 rings (SSSR count). The van der Waals surface area contributed by atoms with Crippen molar-refractivity contribution in [2.75, 3.05) is 68.1 Å². The number of ether oxygens (including phenoxy) is 1. The van der Waals surface area contributed by atoms with Crippen LogP contribution >= 0.6 is 0 Å². The van der Waals surface area contributed by atoms with Crippen LogP contribution in [-0.4, -0.2) is 95.3 Å². The highest BCUT2D eigenvalue weighted by molar-refractivity contribution is 5.95. The number of carbonyl (C=O) groups is 2. The van der Waals surface area contributed by atoms with E-state index < -0.39 is 0 Å². The molecule has 2 aromatic carbocycles. The van der Waals surface area contributed by atoms with Crippen LogP contribution in [0.4, 0.5) is 23.1 Å². The Morgan fingerprint density at radius 2 is 1.77 bits per heavy atom. The number of carbonyl (C=O) groups excluding carboxylic acids is 2. The average molecular weight is 584 g/mol. The summed E-state index contributed by atoms with van der Waals surface area (Å²) < 4.78 is 7.07. The number of hydrogen-bond acceptors (Lipinski definition) is 9. The maximum atomic E-state index is 13.0. The van der Waals surface area contributed by atoms with E-state index in [4.69, 9.17) is 14.8 Å². The smallest absolute Gasteiger partial charge is 0.254 e. The van der Waals surface area contributed by atoms with E-state index in [0.717, 1.165) is 37.3 Å². The first-order chi connectivity index (χ1) is 21.0. The number of benzene rings is 2. The van der Waals surface area contributed by atoms with Crippen molar-refractivity contribution in [1.29, 1.82) is 0 Å². The summed E-state index contributed by atoms with van der Waals surface area (Å²) in [6.45, 7) is 6.71. The van der Waals surface area contributed by atoms with Gasteiger partial charge in [-0.25, -0.2) is 9.50 Å². The second-order valence-corrected chi connectivity index (χ2v) is 10.9. The SMILES string of the molecule is CCN(C)c1ccc(C(=O)N[C@H]2CCCN(c3nc(Nc4ccc(C(=O)N5CCOCC5)cc4)c4nccn4n3)C2)cc1. The number of anilines is 4. The summed E-state index contributed by atoms with van der Waals surface area (Å²) in [7, 11) is 2.03. The number of morpholine rings is 1. The average Bonchev–Trinajstić information content (AvgIpc) is 3.54. The number of aromatic nitrogens is 4. The molecule has 0 spiro atoms. The van der Waals surface area contributed by atoms with Crippen LogP contribution in [0.2, 0.25) is 0 Å². The highest BCUT2D eigenvalue weighted by Crippen LogP contribution is 2.24. The van der Waals surface area contributed by atoms with Gasteiger partial charge in [0.2, 0.25) is 5.95 Å². The third-order valence-corrected chi connectivity index (χ3v) is 8.02. The highest BCUT2D eigenvalue weighted by atomic mass is 16.5. The zero-order chi connectivity index (χ0) is 29.8. The minimum absolute atomic E-state index is 0.00248. The van der Waals surface area contributed by atoms with E-state index >= 15 is 0 Å². The van der Waals surface area contributed by atoms with Crippen LogP contribution in [0, 0.1) is 0 Å². The third-order valence-electron chi connectivity index (χ3n) is 8.02. The molecule has 4 aromatic rings. The lowest BCUT2D eigenvalue weighted by Crippen LogP contribution is -2.48. The fourth-order valence-corrected chi connectivity index (χ4v) is 5.41. The molecule has 2 amide bonds. The molecule has 12 heteroatoms. The number of imidazole rings is 1. The van der Waals surface area contributed by atoms with Crippen LogP contribution in [0.25, 0.3) is 5.65 Å². The van der Waals surface area contributed by atoms with Gasteiger partial charge in [-0.15, -0.1) is 5.10 Å². The van der Waals surface area contributed by atoms with Gasteiger partial charge in [0.15, 0.2) is 11.5 Å². The Labute approximate surface area is 250 Å². The largest absolute Gasteiger partial charge is 0.378 e. The lowest BCUT2D eigenvalue weighted by Gasteiger charge is -2.33. The van der Waals surface area contributed by atoms with Crippen molar-refractivity contribution >= 4 is 40.6 Å². The van der Waals surface area contributed by atoms with E-state index in [2.05, 4.69) is 32.3 Å². The Hall–Kier alpha value is -4.71. The van der Waals surface area contributed by atoms with E-state index in [1.165, 1.54) is 0 Å². The van der Waals surface area contributed by atoms with Crippen molar-refractivity contribution in [3.05, 3.63) is 72.1 Å². The number of hydrogen-bond donors (Lipinski definition) is 2. The normalized spacial score (nSPS) is 17.1. The second kappa shape index (κ2) is 12.7. The van der Waals surface area contributed by atoms with Gasteiger partial charge in [0.1, 0.15) is 0 Å². The molecule has 4 heterocycles. The molecule has 2 aliphatic rings. The molecule has 12 nitrogen and oxygen atoms in total. The minimum atomic E-state index is -0.0820. The first-order valence-corrected chi connectivity index (χ1v) is 14.8. The fourth-order valence-electron chi connectivity index (χ4n) is 5.41. The van der Waals surface area contributed by atoms with Crippen molar-refractivity contribution in [2.24, 2.45) is 0 Å². The maximum Gasteiger partial charge on any atom is 0.254 e. The van der Waals surface area contributed by atoms with E-state index in [0.29, 0.717) is 61.4 Å². The predicted octanol–water partition coefficient (Wildman–Crippen LogP) is 3.20. The summed E-state index contributed by atoms with van der Waals surface area (Å²) in [5.74, 6) is 1.03. The van der Waals surface area contributed by atoms with Gasteiger partial charge >= 0.3 is 0 Å². The first kappa shape index (κ1) is 28.4. The Kier molecular flexibility index (Phi) is 8.36. The molecule has 1 atom stereocenters. The summed E-state index contributed by atoms with van der Waals surface area (Å²) in [6, 6.07) is 15.0. The number of piperidine rings is 1. The number of nitrogens with zero attached hydrogens (tertiary/aromatic N) is 7. The summed E-state index contributed by atoms with van der Waals surface area (Å²) in [5.41, 5.74) is 3.74. The molecule has 2 N–H and O–H groups in total. The van der Waals surface area contributed by atoms with Crippen LogP contribution in [0.5, 0.6) is 0 Å². The monoisotopic (exact) mass is 583 g/mol. The summed E-state index contributed by atoms with van der Waals surface area (Å²) in [4.78, 5) is 41.2. The number of nitrogens with one attached hydrogen (secondary N) is 2. The van der Waals surface area contributed by atoms with Gasteiger partial charge in [0.05, 0.1) is 13.2 Å². The molecule has 43 heavy (non-hydrogen) atoms. The Morgan fingerprint density at radius 1 is 1.02 bits per heavy atom. The molecule has 2 aliphatic heterocycles. The summed E-state index contributed by atoms with van der Waals surface area (Å²) >= 11 is 0. The van der Waals surface area contributed by atoms with Crippen LogP contribution in [0.3, 0.4) is 0 Å². The number of fused-ring (bicyclic) bond motifs is 1. The fraction of sp³-hybridized carbons (Fsp3) is 0.387. The molecule has 2 fully saturated rings. The number of rotatable bonds is 8. The maximum absolute atomic E-state index is 13.0. The van der Waals surface area contributed by atoms with Gasteiger partial charge in [-0.1, -0.05) is 0 Å². The first-order valence-electron chi connectivity index (χ1n) is 14.8. The Morgan fingerprint density at radius 3 is 2.51 bits per heavy atom. The molecular weight excluding hydrogens is 546 g/mol. The molecule has 224 valence electrons. The summed E-state index contributed by atoms with van der Waals surface area (Å²) in [5, 5.41) is 11.3. The van der Waals surface area contributed by atoms with Gasteiger partial charge in [0.25, 0.3) is 11.8 Å². The standard InChI is InChI=1S/C31H37N9O3/c1-3-37(2)26-12-8-22(9-13-26)29(41)34-25-5-4-15-39(21-25)31-35-27(28-32-14-16-40(28)36-31)33-24-10-6-23(7-11-24)30(42)38-17-19-43-20-18-38/h6-14,16,25H,3-5,15,17-21H2,1-2H3,(H,34,41)(H,33,35,36)/t25-/m0/s1. The molecular formula is C31H37N9O3. The second-order valence-electron chi connectivity index (χ2n) is 10.9. The molecule has 2 aromatic heterocycles. The number of amides is 2. The van der Waals surface area contributed by atoms with E-state index in [9.17, 15) is 9.59 Å². The van der Waals surface area contributed by atoms with Crippen molar-refractivity contribution in [3.63, 3.8) is 0 Å². The van der Waals surface area contributed by atoms with Gasteiger partial charge < -0.3 is 30.1 Å². The topological polar surface area (TPSA) is 120 Å². The van der Waals surface area contributed by atoms with E-state index in [1.54, 1.807) is 16.9 Å². The minimum Gasteiger partial charge on any atom is -0.378 e. The van der Waals surface area contributed by atoms with Crippen LogP contribution < -0.4 is 20.4 Å². The molecule has 2 saturated heterocycles. The lowest BCUT2D eigenvalue weighted by molar-refractivity contribution is 0.0303. The zero-order valence-electron chi connectivity index (χ0n) is 24.6. The van der Waals surface area contributed by atoms with Crippen molar-refractivity contribution in [1.82, 2.24) is 29.8 Å². The van der Waals surface area contributed by atoms with Crippen molar-refractivity contribution < 1.29 is 14.3 Å². The summed E-state index contributed by atoms with van der Waals surface area (Å²) in [6.07, 6.45) is 5.26. The predicted molar refractivity (Wildman–Crippen MR) is 165 cm³/mol. The molecule has 0 aliphatic carbocycles. The molecule has 0 radical (unpaired) electrons. The molecule has 0 saturated carbocycles. The van der Waals surface area contributed by atoms with Gasteiger partial charge in [-0.3, -0.25) is 9.59 Å². The van der Waals surface area contributed by atoms with Crippen LogP contribution in [0.1, 0.15) is 40.5 Å². The van der Waals surface area contributed by atoms with Crippen molar-refractivity contribution in [2.45, 2.75) is 25.8 Å². The Balaban J connectivity index is 1.14. The van der Waals surface area contributed by atoms with Gasteiger partial charge in [0, 0.05) is 80.7 Å². The van der Waals surface area contributed by atoms with Crippen LogP contribution in [-0.2, 0) is 4.74 Å². The van der Waals surface area contributed by atoms with E-state index in [-0.39, 0.29) is 17.9 Å². The molecule has 0 unspecified atom stereocenters. The van der Waals surface area contributed by atoms with Gasteiger partial charge in [-0.05, 0) is 68.3 Å². The van der Waals surface area contributed by atoms with Crippen LogP contribution in [0.15, 0.2) is 60.9 Å². The molecule has 0 bridgehead atoms. The van der Waals surface area contributed by atoms with Gasteiger partial charge in [-0.2, -0.15) is 4.98 Å². The highest BCUT2D eigenvalue weighted by Gasteiger charge is 2.25. The lowest BCUT2D eigenvalue weighted by atomic mass is 10.1. The van der Waals surface area contributed by atoms with Crippen molar-refractivity contribution in [3.8, 4) is 0 Å². The quantitative estimate of drug-likeness (QED) is 0.322.